The first-order valence-electron chi connectivity index (χ1n) is 9.41. The maximum Gasteiger partial charge on any atom is 0.303 e. The molecule has 0 aromatic carbocycles. The molecule has 1 rings (SSSR count). The van der Waals surface area contributed by atoms with Crippen molar-refractivity contribution in [3.63, 3.8) is 0 Å². The number of allylic oxidation sites excluding steroid dienone is 4. The Morgan fingerprint density at radius 3 is 1.87 bits per heavy atom. The van der Waals surface area contributed by atoms with Crippen LogP contribution >= 0.6 is 0 Å². The molecule has 2 unspecified atom stereocenters. The van der Waals surface area contributed by atoms with E-state index in [1.54, 1.807) is 0 Å². The highest BCUT2D eigenvalue weighted by atomic mass is 16.6. The molecular weight excluding hydrogens is 288 g/mol. The molecule has 0 bridgehead atoms. The minimum absolute atomic E-state index is 0.280. The zero-order chi connectivity index (χ0) is 16.8. The van der Waals surface area contributed by atoms with Gasteiger partial charge in [0.25, 0.3) is 0 Å². The number of ether oxygens (including phenoxy) is 1. The van der Waals surface area contributed by atoms with E-state index in [4.69, 9.17) is 9.84 Å². The van der Waals surface area contributed by atoms with Crippen LogP contribution in [0.15, 0.2) is 24.3 Å². The Kier molecular flexibility index (Phi) is 11.6. The van der Waals surface area contributed by atoms with E-state index < -0.39 is 5.97 Å². The molecule has 2 atom stereocenters. The van der Waals surface area contributed by atoms with Gasteiger partial charge in [0, 0.05) is 6.42 Å². The standard InChI is InChI=1S/C20H34O3/c1-2-18-19(23-18)16-14-12-10-8-6-4-3-5-7-9-11-13-15-17-20(21)22/h6,8-9,11,18-19H,2-5,7,10,12-17H2,1H3,(H,21,22)/b8-6-,11-9-. The SMILES string of the molecule is CCC1OC1CCCC/C=C\CCCC/C=C\CCCC(=O)O. The van der Waals surface area contributed by atoms with Crippen LogP contribution < -0.4 is 0 Å². The molecule has 1 aliphatic heterocycles. The zero-order valence-electron chi connectivity index (χ0n) is 14.7. The number of carboxylic acids is 1. The lowest BCUT2D eigenvalue weighted by atomic mass is 10.1. The molecule has 3 heteroatoms. The van der Waals surface area contributed by atoms with Gasteiger partial charge in [0.2, 0.25) is 0 Å². The van der Waals surface area contributed by atoms with Crippen molar-refractivity contribution in [1.82, 2.24) is 0 Å². The molecule has 3 nitrogen and oxygen atoms in total. The number of carbonyl (C=O) groups is 1. The average molecular weight is 322 g/mol. The summed E-state index contributed by atoms with van der Waals surface area (Å²) < 4.78 is 5.54. The number of unbranched alkanes of at least 4 members (excludes halogenated alkanes) is 6. The number of carboxylic acid groups (broad SMARTS) is 1. The van der Waals surface area contributed by atoms with Crippen LogP contribution in [0.25, 0.3) is 0 Å². The van der Waals surface area contributed by atoms with Gasteiger partial charge in [-0.05, 0) is 64.2 Å². The summed E-state index contributed by atoms with van der Waals surface area (Å²) in [5.41, 5.74) is 0. The van der Waals surface area contributed by atoms with E-state index >= 15 is 0 Å². The number of rotatable bonds is 15. The molecule has 1 fully saturated rings. The van der Waals surface area contributed by atoms with Crippen molar-refractivity contribution in [3.8, 4) is 0 Å². The number of aliphatic carboxylic acids is 1. The van der Waals surface area contributed by atoms with E-state index in [0.29, 0.717) is 12.2 Å². The Morgan fingerprint density at radius 1 is 0.870 bits per heavy atom. The Hall–Kier alpha value is -1.09. The van der Waals surface area contributed by atoms with E-state index in [9.17, 15) is 4.79 Å². The van der Waals surface area contributed by atoms with Crippen LogP contribution in [0.1, 0.15) is 84.0 Å². The summed E-state index contributed by atoms with van der Waals surface area (Å²) in [5.74, 6) is -0.698. The van der Waals surface area contributed by atoms with Crippen LogP contribution in [0, 0.1) is 0 Å². The fourth-order valence-corrected chi connectivity index (χ4v) is 2.77. The third kappa shape index (κ3) is 12.1. The van der Waals surface area contributed by atoms with Crippen LogP contribution in [0.5, 0.6) is 0 Å². The normalized spacial score (nSPS) is 20.6. The molecule has 0 spiro atoms. The Bertz CT molecular complexity index is 360. The summed E-state index contributed by atoms with van der Waals surface area (Å²) in [7, 11) is 0. The fourth-order valence-electron chi connectivity index (χ4n) is 2.77. The van der Waals surface area contributed by atoms with Gasteiger partial charge in [0.15, 0.2) is 0 Å². The van der Waals surface area contributed by atoms with Crippen LogP contribution in [0.2, 0.25) is 0 Å². The summed E-state index contributed by atoms with van der Waals surface area (Å²) in [5, 5.41) is 8.52. The van der Waals surface area contributed by atoms with Crippen molar-refractivity contribution in [2.24, 2.45) is 0 Å². The molecule has 1 saturated heterocycles. The van der Waals surface area contributed by atoms with E-state index in [1.807, 2.05) is 0 Å². The van der Waals surface area contributed by atoms with Crippen LogP contribution in [0.3, 0.4) is 0 Å². The van der Waals surface area contributed by atoms with Crippen molar-refractivity contribution in [3.05, 3.63) is 24.3 Å². The highest BCUT2D eigenvalue weighted by Crippen LogP contribution is 2.29. The molecule has 0 saturated carbocycles. The number of hydrogen-bond donors (Lipinski definition) is 1. The van der Waals surface area contributed by atoms with Crippen molar-refractivity contribution in [2.45, 2.75) is 96.2 Å². The lowest BCUT2D eigenvalue weighted by Crippen LogP contribution is -1.92. The summed E-state index contributed by atoms with van der Waals surface area (Å²) in [6.07, 6.45) is 22.9. The minimum Gasteiger partial charge on any atom is -0.481 e. The van der Waals surface area contributed by atoms with E-state index in [-0.39, 0.29) is 6.42 Å². The van der Waals surface area contributed by atoms with E-state index in [1.165, 1.54) is 51.4 Å². The third-order valence-electron chi connectivity index (χ3n) is 4.29. The predicted molar refractivity (Wildman–Crippen MR) is 95.7 cm³/mol. The van der Waals surface area contributed by atoms with Gasteiger partial charge < -0.3 is 9.84 Å². The van der Waals surface area contributed by atoms with Crippen LogP contribution in [-0.4, -0.2) is 23.3 Å². The largest absolute Gasteiger partial charge is 0.481 e. The highest BCUT2D eigenvalue weighted by molar-refractivity contribution is 5.66. The Balaban J connectivity index is 1.76. The molecule has 0 amide bonds. The Labute approximate surface area is 141 Å². The van der Waals surface area contributed by atoms with Crippen molar-refractivity contribution in [1.29, 1.82) is 0 Å². The smallest absolute Gasteiger partial charge is 0.303 e. The average Bonchev–Trinajstić information content (AvgIpc) is 3.29. The van der Waals surface area contributed by atoms with Crippen molar-refractivity contribution >= 4 is 5.97 Å². The second kappa shape index (κ2) is 13.4. The zero-order valence-corrected chi connectivity index (χ0v) is 14.7. The summed E-state index contributed by atoms with van der Waals surface area (Å²) >= 11 is 0. The molecule has 0 aromatic rings. The molecule has 0 aliphatic carbocycles. The van der Waals surface area contributed by atoms with Gasteiger partial charge in [0.05, 0.1) is 12.2 Å². The molecule has 23 heavy (non-hydrogen) atoms. The molecular formula is C20H34O3. The van der Waals surface area contributed by atoms with Crippen molar-refractivity contribution < 1.29 is 14.6 Å². The number of hydrogen-bond acceptors (Lipinski definition) is 2. The number of epoxide rings is 1. The van der Waals surface area contributed by atoms with Gasteiger partial charge in [-0.15, -0.1) is 0 Å². The first-order chi connectivity index (χ1) is 11.2. The highest BCUT2D eigenvalue weighted by Gasteiger charge is 2.35. The summed E-state index contributed by atoms with van der Waals surface area (Å²) in [4.78, 5) is 10.3. The van der Waals surface area contributed by atoms with Gasteiger partial charge in [-0.2, -0.15) is 0 Å². The van der Waals surface area contributed by atoms with Gasteiger partial charge in [0.1, 0.15) is 0 Å². The molecule has 1 N–H and O–H groups in total. The molecule has 1 heterocycles. The van der Waals surface area contributed by atoms with E-state index in [2.05, 4.69) is 31.2 Å². The van der Waals surface area contributed by atoms with Crippen LogP contribution in [-0.2, 0) is 9.53 Å². The summed E-state index contributed by atoms with van der Waals surface area (Å²) in [6, 6.07) is 0. The van der Waals surface area contributed by atoms with Gasteiger partial charge in [-0.25, -0.2) is 0 Å². The lowest BCUT2D eigenvalue weighted by molar-refractivity contribution is -0.137. The van der Waals surface area contributed by atoms with Gasteiger partial charge in [-0.3, -0.25) is 4.79 Å². The third-order valence-corrected chi connectivity index (χ3v) is 4.29. The van der Waals surface area contributed by atoms with Gasteiger partial charge in [-0.1, -0.05) is 37.6 Å². The topological polar surface area (TPSA) is 49.8 Å². The maximum absolute atomic E-state index is 10.3. The maximum atomic E-state index is 10.3. The van der Waals surface area contributed by atoms with Gasteiger partial charge >= 0.3 is 5.97 Å². The quantitative estimate of drug-likeness (QED) is 0.241. The predicted octanol–water partition coefficient (Wildman–Crippen LogP) is 5.65. The summed E-state index contributed by atoms with van der Waals surface area (Å²) in [6.45, 7) is 2.20. The first-order valence-corrected chi connectivity index (χ1v) is 9.41. The van der Waals surface area contributed by atoms with Crippen LogP contribution in [0.4, 0.5) is 0 Å². The first kappa shape index (κ1) is 20.0. The second-order valence-electron chi connectivity index (χ2n) is 6.42. The molecule has 0 aromatic heterocycles. The van der Waals surface area contributed by atoms with Crippen molar-refractivity contribution in [2.75, 3.05) is 0 Å². The second-order valence-corrected chi connectivity index (χ2v) is 6.42. The van der Waals surface area contributed by atoms with E-state index in [0.717, 1.165) is 19.3 Å². The molecule has 1 aliphatic rings. The molecule has 132 valence electrons. The monoisotopic (exact) mass is 322 g/mol. The minimum atomic E-state index is -0.698. The molecule has 0 radical (unpaired) electrons. The lowest BCUT2D eigenvalue weighted by Gasteiger charge is -1.96. The Morgan fingerprint density at radius 2 is 1.39 bits per heavy atom. The fraction of sp³-hybridized carbons (Fsp3) is 0.750.